The van der Waals surface area contributed by atoms with Crippen molar-refractivity contribution in [2.45, 2.75) is 12.0 Å². The zero-order valence-electron chi connectivity index (χ0n) is 23.6. The Morgan fingerprint density at radius 1 is 0.976 bits per heavy atom. The van der Waals surface area contributed by atoms with Crippen molar-refractivity contribution < 1.29 is 13.9 Å². The van der Waals surface area contributed by atoms with Crippen LogP contribution in [0.1, 0.15) is 11.5 Å². The monoisotopic (exact) mass is 564 g/mol. The van der Waals surface area contributed by atoms with Crippen LogP contribution in [0.25, 0.3) is 33.3 Å². The molecule has 0 spiro atoms. The van der Waals surface area contributed by atoms with Crippen LogP contribution < -0.4 is 10.6 Å². The number of urea groups is 1. The summed E-state index contributed by atoms with van der Waals surface area (Å²) in [5.74, 6) is -0.357. The van der Waals surface area contributed by atoms with Crippen LogP contribution in [0, 0.1) is 5.82 Å². The van der Waals surface area contributed by atoms with E-state index in [4.69, 9.17) is 9.72 Å². The van der Waals surface area contributed by atoms with Gasteiger partial charge in [0.1, 0.15) is 5.82 Å². The summed E-state index contributed by atoms with van der Waals surface area (Å²) < 4.78 is 21.2. The maximum absolute atomic E-state index is 14.2. The first-order chi connectivity index (χ1) is 20.5. The summed E-state index contributed by atoms with van der Waals surface area (Å²) in [5, 5.41) is 12.5. The van der Waals surface area contributed by atoms with Crippen LogP contribution in [0.3, 0.4) is 0 Å². The summed E-state index contributed by atoms with van der Waals surface area (Å²) >= 11 is 0. The Morgan fingerprint density at radius 3 is 2.50 bits per heavy atom. The number of carbonyl (C=O) groups is 1. The smallest absolute Gasteiger partial charge is 0.319 e. The molecule has 5 aromatic rings. The molecule has 0 saturated carbocycles. The van der Waals surface area contributed by atoms with Crippen LogP contribution in [-0.4, -0.2) is 65.1 Å². The van der Waals surface area contributed by atoms with Gasteiger partial charge in [-0.15, -0.1) is 0 Å². The number of hydrogen-bond acceptors (Lipinski definition) is 5. The number of ether oxygens (including phenoxy) is 1. The topological polar surface area (TPSA) is 84.3 Å². The maximum Gasteiger partial charge on any atom is 0.319 e. The van der Waals surface area contributed by atoms with E-state index in [-0.39, 0.29) is 23.8 Å². The number of nitrogens with one attached hydrogen (secondary N) is 2. The van der Waals surface area contributed by atoms with Crippen molar-refractivity contribution in [2.75, 3.05) is 38.7 Å². The first-order valence-corrected chi connectivity index (χ1v) is 14.0. The van der Waals surface area contributed by atoms with E-state index < -0.39 is 0 Å². The predicted molar refractivity (Wildman–Crippen MR) is 163 cm³/mol. The van der Waals surface area contributed by atoms with Crippen molar-refractivity contribution in [1.29, 1.82) is 0 Å². The number of fused-ring (bicyclic) bond motifs is 1. The van der Waals surface area contributed by atoms with Crippen molar-refractivity contribution in [3.8, 4) is 22.5 Å². The van der Waals surface area contributed by atoms with Crippen molar-refractivity contribution in [3.63, 3.8) is 0 Å². The highest BCUT2D eigenvalue weighted by molar-refractivity contribution is 6.10. The third kappa shape index (κ3) is 5.74. The Hall–Kier alpha value is -4.60. The molecule has 2 aromatic heterocycles. The SMILES string of the molecule is COCCN1C[C@@H](NC(=O)Nc2c(-c3ccccc3)nc(-c3cnn(C)c3)c3ccccc23)[C@H](c2cccc(F)c2)C1. The molecular formula is C33H33FN6O2. The number of aromatic nitrogens is 3. The van der Waals surface area contributed by atoms with E-state index in [1.54, 1.807) is 30.1 Å². The Bertz CT molecular complexity index is 1710. The van der Waals surface area contributed by atoms with Crippen LogP contribution >= 0.6 is 0 Å². The third-order valence-corrected chi connectivity index (χ3v) is 7.78. The van der Waals surface area contributed by atoms with Crippen LogP contribution in [-0.2, 0) is 11.8 Å². The minimum Gasteiger partial charge on any atom is -0.383 e. The quantitative estimate of drug-likeness (QED) is 0.254. The molecule has 2 N–H and O–H groups in total. The molecule has 1 aliphatic heterocycles. The highest BCUT2D eigenvalue weighted by atomic mass is 19.1. The standard InChI is InChI=1S/C33H33FN6O2/c1-39-19-24(18-35-39)30-26-13-6-7-14-27(26)32(31(37-30)22-9-4-3-5-10-22)38-33(41)36-29-21-40(15-16-42-2)20-28(29)23-11-8-12-25(34)17-23/h3-14,17-19,28-29H,15-16,20-21H2,1-2H3,(H2,36,38,41)/t28-,29+/m0/s1. The molecule has 3 aromatic carbocycles. The number of nitrogens with zero attached hydrogens (tertiary/aromatic N) is 4. The highest BCUT2D eigenvalue weighted by Gasteiger charge is 2.35. The van der Waals surface area contributed by atoms with Gasteiger partial charge in [0, 0.05) is 67.8 Å². The molecule has 8 nitrogen and oxygen atoms in total. The number of rotatable bonds is 8. The first kappa shape index (κ1) is 27.6. The van der Waals surface area contributed by atoms with E-state index in [2.05, 4.69) is 20.6 Å². The average molecular weight is 565 g/mol. The third-order valence-electron chi connectivity index (χ3n) is 7.78. The van der Waals surface area contributed by atoms with Gasteiger partial charge in [-0.1, -0.05) is 66.7 Å². The van der Waals surface area contributed by atoms with Gasteiger partial charge in [-0.25, -0.2) is 14.2 Å². The number of pyridine rings is 1. The van der Waals surface area contributed by atoms with E-state index in [0.29, 0.717) is 31.1 Å². The lowest BCUT2D eigenvalue weighted by Gasteiger charge is -2.22. The number of halogens is 1. The molecule has 2 amide bonds. The van der Waals surface area contributed by atoms with Crippen molar-refractivity contribution in [1.82, 2.24) is 25.0 Å². The number of benzene rings is 3. The highest BCUT2D eigenvalue weighted by Crippen LogP contribution is 2.38. The molecule has 3 heterocycles. The van der Waals surface area contributed by atoms with Gasteiger partial charge in [-0.2, -0.15) is 5.10 Å². The van der Waals surface area contributed by atoms with Crippen molar-refractivity contribution in [3.05, 3.63) is 103 Å². The summed E-state index contributed by atoms with van der Waals surface area (Å²) in [6.07, 6.45) is 3.73. The van der Waals surface area contributed by atoms with Crippen molar-refractivity contribution in [2.24, 2.45) is 7.05 Å². The van der Waals surface area contributed by atoms with Crippen LogP contribution in [0.4, 0.5) is 14.9 Å². The molecule has 1 fully saturated rings. The number of hydrogen-bond donors (Lipinski definition) is 2. The minimum absolute atomic E-state index is 0.0697. The Morgan fingerprint density at radius 2 is 1.76 bits per heavy atom. The summed E-state index contributed by atoms with van der Waals surface area (Å²) in [5.41, 5.74) is 4.71. The lowest BCUT2D eigenvalue weighted by Crippen LogP contribution is -2.42. The van der Waals surface area contributed by atoms with E-state index in [1.807, 2.05) is 73.9 Å². The molecule has 0 bridgehead atoms. The average Bonchev–Trinajstić information content (AvgIpc) is 3.62. The molecule has 0 radical (unpaired) electrons. The van der Waals surface area contributed by atoms with Crippen LogP contribution in [0.2, 0.25) is 0 Å². The van der Waals surface area contributed by atoms with Gasteiger partial charge in [0.2, 0.25) is 0 Å². The summed E-state index contributed by atoms with van der Waals surface area (Å²) in [6.45, 7) is 2.63. The van der Waals surface area contributed by atoms with Crippen molar-refractivity contribution >= 4 is 22.5 Å². The molecule has 1 aliphatic rings. The van der Waals surface area contributed by atoms with Gasteiger partial charge < -0.3 is 15.4 Å². The van der Waals surface area contributed by atoms with Gasteiger partial charge in [0.25, 0.3) is 0 Å². The number of anilines is 1. The fraction of sp³-hybridized carbons (Fsp3) is 0.242. The number of carbonyl (C=O) groups excluding carboxylic acids is 1. The molecule has 6 rings (SSSR count). The molecule has 0 aliphatic carbocycles. The summed E-state index contributed by atoms with van der Waals surface area (Å²) in [6, 6.07) is 23.8. The van der Waals surface area contributed by atoms with E-state index >= 15 is 0 Å². The largest absolute Gasteiger partial charge is 0.383 e. The lowest BCUT2D eigenvalue weighted by molar-refractivity contribution is 0.159. The van der Waals surface area contributed by atoms with E-state index in [0.717, 1.165) is 39.7 Å². The van der Waals surface area contributed by atoms with Gasteiger partial charge in [0.15, 0.2) is 0 Å². The molecular weight excluding hydrogens is 531 g/mol. The fourth-order valence-corrected chi connectivity index (χ4v) is 5.79. The van der Waals surface area contributed by atoms with Gasteiger partial charge >= 0.3 is 6.03 Å². The molecule has 2 atom stereocenters. The Kier molecular flexibility index (Phi) is 7.94. The second-order valence-corrected chi connectivity index (χ2v) is 10.6. The normalized spacial score (nSPS) is 17.0. The maximum atomic E-state index is 14.2. The Balaban J connectivity index is 1.36. The number of likely N-dealkylation sites (tertiary alicyclic amines) is 1. The molecule has 1 saturated heterocycles. The Labute approximate surface area is 244 Å². The molecule has 0 unspecified atom stereocenters. The zero-order valence-corrected chi connectivity index (χ0v) is 23.6. The first-order valence-electron chi connectivity index (χ1n) is 14.0. The number of amides is 2. The van der Waals surface area contributed by atoms with Gasteiger partial charge in [-0.3, -0.25) is 9.58 Å². The van der Waals surface area contributed by atoms with E-state index in [9.17, 15) is 9.18 Å². The molecule has 42 heavy (non-hydrogen) atoms. The zero-order chi connectivity index (χ0) is 29.1. The fourth-order valence-electron chi connectivity index (χ4n) is 5.79. The second kappa shape index (κ2) is 12.1. The lowest BCUT2D eigenvalue weighted by atomic mass is 9.94. The summed E-state index contributed by atoms with van der Waals surface area (Å²) in [7, 11) is 3.55. The minimum atomic E-state index is -0.340. The number of aryl methyl sites for hydroxylation is 1. The second-order valence-electron chi connectivity index (χ2n) is 10.6. The summed E-state index contributed by atoms with van der Waals surface area (Å²) in [4.78, 5) is 21.1. The van der Waals surface area contributed by atoms with Gasteiger partial charge in [-0.05, 0) is 17.7 Å². The van der Waals surface area contributed by atoms with Crippen LogP contribution in [0.5, 0.6) is 0 Å². The van der Waals surface area contributed by atoms with Gasteiger partial charge in [0.05, 0.1) is 35.9 Å². The number of methoxy groups -OCH3 is 1. The molecule has 9 heteroatoms. The molecule has 214 valence electrons. The van der Waals surface area contributed by atoms with Crippen LogP contribution in [0.15, 0.2) is 91.3 Å². The predicted octanol–water partition coefficient (Wildman–Crippen LogP) is 5.68. The van der Waals surface area contributed by atoms with E-state index in [1.165, 1.54) is 6.07 Å².